The number of nitriles is 1. The van der Waals surface area contributed by atoms with Crippen LogP contribution in [0.5, 0.6) is 0 Å². The summed E-state index contributed by atoms with van der Waals surface area (Å²) in [6, 6.07) is 1.94. The molecular weight excluding hydrogens is 178 g/mol. The van der Waals surface area contributed by atoms with Crippen LogP contribution in [-0.2, 0) is 9.53 Å². The highest BCUT2D eigenvalue weighted by Crippen LogP contribution is 2.29. The number of rotatable bonds is 4. The Bertz CT molecular complexity index is 222. The lowest BCUT2D eigenvalue weighted by atomic mass is 9.79. The van der Waals surface area contributed by atoms with Crippen molar-refractivity contribution < 1.29 is 9.53 Å². The number of ether oxygens (including phenoxy) is 1. The van der Waals surface area contributed by atoms with Gasteiger partial charge in [-0.15, -0.1) is 0 Å². The maximum absolute atomic E-state index is 11.6. The van der Waals surface area contributed by atoms with Crippen LogP contribution in [0.15, 0.2) is 0 Å². The summed E-state index contributed by atoms with van der Waals surface area (Å²) in [4.78, 5) is 11.6. The zero-order chi connectivity index (χ0) is 11.2. The van der Waals surface area contributed by atoms with Gasteiger partial charge in [0.2, 0.25) is 0 Å². The molecule has 0 aliphatic rings. The van der Waals surface area contributed by atoms with Crippen molar-refractivity contribution >= 4 is 5.97 Å². The van der Waals surface area contributed by atoms with Gasteiger partial charge < -0.3 is 4.74 Å². The predicted molar refractivity (Wildman–Crippen MR) is 54.4 cm³/mol. The van der Waals surface area contributed by atoms with E-state index in [1.165, 1.54) is 0 Å². The summed E-state index contributed by atoms with van der Waals surface area (Å²) in [5, 5.41) is 8.29. The van der Waals surface area contributed by atoms with E-state index in [4.69, 9.17) is 10.00 Å². The van der Waals surface area contributed by atoms with Crippen molar-refractivity contribution in [3.8, 4) is 6.07 Å². The van der Waals surface area contributed by atoms with Gasteiger partial charge in [0.1, 0.15) is 6.61 Å². The molecule has 0 aromatic rings. The smallest absolute Gasteiger partial charge is 0.309 e. The highest BCUT2D eigenvalue weighted by Gasteiger charge is 2.30. The minimum Gasteiger partial charge on any atom is -0.464 e. The second-order valence-corrected chi connectivity index (χ2v) is 4.40. The molecule has 0 spiro atoms. The third-order valence-electron chi connectivity index (χ3n) is 2.20. The molecule has 0 N–H and O–H groups in total. The molecule has 0 radical (unpaired) electrons. The first-order valence-electron chi connectivity index (χ1n) is 4.97. The van der Waals surface area contributed by atoms with Gasteiger partial charge in [0.25, 0.3) is 0 Å². The summed E-state index contributed by atoms with van der Waals surface area (Å²) in [5.41, 5.74) is -0.0710. The predicted octanol–water partition coefficient (Wildman–Crippen LogP) is 2.52. The first kappa shape index (κ1) is 13.0. The monoisotopic (exact) mass is 197 g/mol. The second-order valence-electron chi connectivity index (χ2n) is 4.40. The molecule has 0 fully saturated rings. The van der Waals surface area contributed by atoms with Crippen LogP contribution in [0.4, 0.5) is 0 Å². The van der Waals surface area contributed by atoms with Gasteiger partial charge in [-0.1, -0.05) is 27.7 Å². The summed E-state index contributed by atoms with van der Waals surface area (Å²) in [6.07, 6.45) is 1.04. The molecule has 0 saturated carbocycles. The summed E-state index contributed by atoms with van der Waals surface area (Å²) < 4.78 is 5.00. The van der Waals surface area contributed by atoms with Crippen LogP contribution in [0.25, 0.3) is 0 Å². The molecule has 0 rings (SSSR count). The van der Waals surface area contributed by atoms with Gasteiger partial charge in [-0.3, -0.25) is 4.79 Å². The zero-order valence-corrected chi connectivity index (χ0v) is 9.46. The number of carbonyl (C=O) groups excluding carboxylic acids is 1. The fraction of sp³-hybridized carbons (Fsp3) is 0.818. The van der Waals surface area contributed by atoms with Crippen molar-refractivity contribution in [3.63, 3.8) is 0 Å². The Balaban J connectivity index is 4.14. The lowest BCUT2D eigenvalue weighted by Crippen LogP contribution is -2.29. The van der Waals surface area contributed by atoms with Gasteiger partial charge in [0, 0.05) is 0 Å². The molecule has 0 aliphatic heterocycles. The molecule has 3 heteroatoms. The molecule has 0 bridgehead atoms. The van der Waals surface area contributed by atoms with Crippen LogP contribution in [-0.4, -0.2) is 12.6 Å². The zero-order valence-electron chi connectivity index (χ0n) is 9.46. The number of hydrogen-bond donors (Lipinski definition) is 0. The van der Waals surface area contributed by atoms with E-state index in [0.29, 0.717) is 0 Å². The Morgan fingerprint density at radius 2 is 2.07 bits per heavy atom. The third-order valence-corrected chi connectivity index (χ3v) is 2.20. The van der Waals surface area contributed by atoms with Crippen molar-refractivity contribution in [2.45, 2.75) is 40.5 Å². The average molecular weight is 197 g/mol. The molecule has 1 unspecified atom stereocenters. The first-order chi connectivity index (χ1) is 6.43. The summed E-state index contributed by atoms with van der Waals surface area (Å²) in [6.45, 7) is 8.25. The highest BCUT2D eigenvalue weighted by molar-refractivity contribution is 5.73. The van der Waals surface area contributed by atoms with Crippen LogP contribution in [0, 0.1) is 22.7 Å². The van der Waals surface area contributed by atoms with Gasteiger partial charge in [0.05, 0.1) is 18.4 Å². The molecule has 80 valence electrons. The SMILES string of the molecule is CCC(C(=O)OCCC#N)C(C)(C)C. The largest absolute Gasteiger partial charge is 0.464 e. The Kier molecular flexibility index (Phi) is 5.22. The molecule has 0 aromatic heterocycles. The van der Waals surface area contributed by atoms with Crippen LogP contribution in [0.2, 0.25) is 0 Å². The van der Waals surface area contributed by atoms with Crippen LogP contribution >= 0.6 is 0 Å². The normalized spacial score (nSPS) is 13.1. The van der Waals surface area contributed by atoms with E-state index in [-0.39, 0.29) is 30.3 Å². The molecule has 14 heavy (non-hydrogen) atoms. The van der Waals surface area contributed by atoms with Gasteiger partial charge >= 0.3 is 5.97 Å². The van der Waals surface area contributed by atoms with E-state index < -0.39 is 0 Å². The Hall–Kier alpha value is -1.04. The van der Waals surface area contributed by atoms with Crippen molar-refractivity contribution in [2.24, 2.45) is 11.3 Å². The molecule has 1 atom stereocenters. The molecular formula is C11H19NO2. The van der Waals surface area contributed by atoms with Gasteiger partial charge in [0.15, 0.2) is 0 Å². The summed E-state index contributed by atoms with van der Waals surface area (Å²) in [5.74, 6) is -0.267. The molecule has 0 aromatic carbocycles. The Labute approximate surface area is 86.1 Å². The number of nitrogens with zero attached hydrogens (tertiary/aromatic N) is 1. The maximum Gasteiger partial charge on any atom is 0.309 e. The minimum absolute atomic E-state index is 0.0710. The highest BCUT2D eigenvalue weighted by atomic mass is 16.5. The lowest BCUT2D eigenvalue weighted by Gasteiger charge is -2.27. The van der Waals surface area contributed by atoms with E-state index in [2.05, 4.69) is 0 Å². The standard InChI is InChI=1S/C11H19NO2/c1-5-9(11(2,3)4)10(13)14-8-6-7-12/h9H,5-6,8H2,1-4H3. The molecule has 3 nitrogen and oxygen atoms in total. The second kappa shape index (κ2) is 5.64. The van der Waals surface area contributed by atoms with Crippen LogP contribution in [0.1, 0.15) is 40.5 Å². The molecule has 0 heterocycles. The van der Waals surface area contributed by atoms with Gasteiger partial charge in [-0.2, -0.15) is 5.26 Å². The topological polar surface area (TPSA) is 50.1 Å². The van der Waals surface area contributed by atoms with E-state index in [9.17, 15) is 4.79 Å². The Morgan fingerprint density at radius 1 is 1.50 bits per heavy atom. The van der Waals surface area contributed by atoms with E-state index in [0.717, 1.165) is 6.42 Å². The van der Waals surface area contributed by atoms with E-state index in [1.807, 2.05) is 33.8 Å². The third kappa shape index (κ3) is 4.27. The average Bonchev–Trinajstić information content (AvgIpc) is 2.03. The van der Waals surface area contributed by atoms with Crippen molar-refractivity contribution in [2.75, 3.05) is 6.61 Å². The fourth-order valence-corrected chi connectivity index (χ4v) is 1.43. The van der Waals surface area contributed by atoms with Crippen LogP contribution < -0.4 is 0 Å². The number of hydrogen-bond acceptors (Lipinski definition) is 3. The van der Waals surface area contributed by atoms with Crippen molar-refractivity contribution in [3.05, 3.63) is 0 Å². The summed E-state index contributed by atoms with van der Waals surface area (Å²) >= 11 is 0. The van der Waals surface area contributed by atoms with Crippen molar-refractivity contribution in [1.82, 2.24) is 0 Å². The molecule has 0 aliphatic carbocycles. The summed E-state index contributed by atoms with van der Waals surface area (Å²) in [7, 11) is 0. The van der Waals surface area contributed by atoms with Crippen LogP contribution in [0.3, 0.4) is 0 Å². The maximum atomic E-state index is 11.6. The quantitative estimate of drug-likeness (QED) is 0.514. The lowest BCUT2D eigenvalue weighted by molar-refractivity contribution is -0.152. The van der Waals surface area contributed by atoms with Crippen molar-refractivity contribution in [1.29, 1.82) is 5.26 Å². The molecule has 0 amide bonds. The Morgan fingerprint density at radius 3 is 2.43 bits per heavy atom. The fourth-order valence-electron chi connectivity index (χ4n) is 1.43. The number of esters is 1. The number of carbonyl (C=O) groups is 1. The molecule has 0 saturated heterocycles. The van der Waals surface area contributed by atoms with E-state index >= 15 is 0 Å². The van der Waals surface area contributed by atoms with Gasteiger partial charge in [-0.05, 0) is 11.8 Å². The minimum atomic E-state index is -0.185. The first-order valence-corrected chi connectivity index (χ1v) is 4.97. The van der Waals surface area contributed by atoms with E-state index in [1.54, 1.807) is 0 Å². The van der Waals surface area contributed by atoms with Gasteiger partial charge in [-0.25, -0.2) is 0 Å².